The van der Waals surface area contributed by atoms with E-state index in [-0.39, 0.29) is 0 Å². The van der Waals surface area contributed by atoms with E-state index in [4.69, 9.17) is 19.9 Å². The molecule has 2 aromatic heterocycles. The number of benzene rings is 5. The van der Waals surface area contributed by atoms with Crippen molar-refractivity contribution in [2.45, 2.75) is 0 Å². The minimum Gasteiger partial charge on any atom is -0.236 e. The first-order valence-electron chi connectivity index (χ1n) is 11.9. The average molecular weight is 461 g/mol. The molecule has 0 unspecified atom stereocenters. The number of hydrogen-bond acceptors (Lipinski definition) is 4. The summed E-state index contributed by atoms with van der Waals surface area (Å²) in [6.45, 7) is 0. The number of fused-ring (bicyclic) bond motifs is 4. The molecular formula is C32H20N4. The Morgan fingerprint density at radius 1 is 0.444 bits per heavy atom. The van der Waals surface area contributed by atoms with Gasteiger partial charge in [-0.15, -0.1) is 0 Å². The zero-order chi connectivity index (χ0) is 23.9. The van der Waals surface area contributed by atoms with Crippen molar-refractivity contribution in [2.75, 3.05) is 0 Å². The van der Waals surface area contributed by atoms with E-state index in [1.165, 1.54) is 5.39 Å². The minimum atomic E-state index is 0.686. The molecule has 4 nitrogen and oxygen atoms in total. The van der Waals surface area contributed by atoms with Crippen molar-refractivity contribution in [3.05, 3.63) is 121 Å². The van der Waals surface area contributed by atoms with Crippen LogP contribution < -0.4 is 0 Å². The summed E-state index contributed by atoms with van der Waals surface area (Å²) < 4.78 is 0. The lowest BCUT2D eigenvalue weighted by atomic mass is 9.98. The van der Waals surface area contributed by atoms with E-state index in [1.54, 1.807) is 0 Å². The number of rotatable bonds is 3. The molecule has 0 saturated carbocycles. The van der Waals surface area contributed by atoms with Crippen molar-refractivity contribution in [3.8, 4) is 34.0 Å². The third kappa shape index (κ3) is 3.39. The third-order valence-electron chi connectivity index (χ3n) is 6.54. The van der Waals surface area contributed by atoms with Gasteiger partial charge in [-0.25, -0.2) is 19.9 Å². The molecule has 0 fully saturated rings. The Balaban J connectivity index is 1.55. The summed E-state index contributed by atoms with van der Waals surface area (Å²) in [4.78, 5) is 19.8. The van der Waals surface area contributed by atoms with Gasteiger partial charge in [0.25, 0.3) is 0 Å². The summed E-state index contributed by atoms with van der Waals surface area (Å²) in [6.07, 6.45) is 1.89. The molecule has 4 heteroatoms. The topological polar surface area (TPSA) is 51.6 Å². The van der Waals surface area contributed by atoms with Gasteiger partial charge in [0, 0.05) is 33.7 Å². The highest BCUT2D eigenvalue weighted by Gasteiger charge is 2.16. The van der Waals surface area contributed by atoms with E-state index < -0.39 is 0 Å². The van der Waals surface area contributed by atoms with Gasteiger partial charge in [0.15, 0.2) is 11.6 Å². The monoisotopic (exact) mass is 460 g/mol. The van der Waals surface area contributed by atoms with Crippen molar-refractivity contribution in [1.82, 2.24) is 19.9 Å². The van der Waals surface area contributed by atoms with Gasteiger partial charge < -0.3 is 0 Å². The summed E-state index contributed by atoms with van der Waals surface area (Å²) in [7, 11) is 0. The summed E-state index contributed by atoms with van der Waals surface area (Å²) in [5.74, 6) is 1.39. The molecule has 0 saturated heterocycles. The lowest BCUT2D eigenvalue weighted by molar-refractivity contribution is 1.21. The Morgan fingerprint density at radius 3 is 1.94 bits per heavy atom. The fourth-order valence-corrected chi connectivity index (χ4v) is 4.78. The fourth-order valence-electron chi connectivity index (χ4n) is 4.78. The Hall–Kier alpha value is -4.96. The van der Waals surface area contributed by atoms with Crippen molar-refractivity contribution in [2.24, 2.45) is 0 Å². The zero-order valence-corrected chi connectivity index (χ0v) is 19.3. The second-order valence-corrected chi connectivity index (χ2v) is 8.74. The average Bonchev–Trinajstić information content (AvgIpc) is 2.97. The van der Waals surface area contributed by atoms with Gasteiger partial charge in [-0.05, 0) is 22.9 Å². The smallest absolute Gasteiger partial charge is 0.160 e. The van der Waals surface area contributed by atoms with Crippen molar-refractivity contribution < 1.29 is 0 Å². The lowest BCUT2D eigenvalue weighted by Gasteiger charge is -2.13. The largest absolute Gasteiger partial charge is 0.236 e. The maximum Gasteiger partial charge on any atom is 0.160 e. The van der Waals surface area contributed by atoms with Gasteiger partial charge in [0.2, 0.25) is 0 Å². The molecule has 0 aliphatic heterocycles. The second kappa shape index (κ2) is 8.36. The number of hydrogen-bond donors (Lipinski definition) is 0. The standard InChI is InChI=1S/C32H20N4/c1-3-11-22(12-4-1)31-33-20-27-28(34-31)19-18-26-29(25-17-9-15-21-10-7-8-16-24(21)25)35-32(36-30(26)27)23-13-5-2-6-14-23/h1-20H. The molecule has 0 N–H and O–H groups in total. The van der Waals surface area contributed by atoms with Gasteiger partial charge in [0.05, 0.1) is 16.7 Å². The number of nitrogens with zero attached hydrogens (tertiary/aromatic N) is 4. The molecule has 7 rings (SSSR count). The van der Waals surface area contributed by atoms with Gasteiger partial charge in [-0.2, -0.15) is 0 Å². The molecule has 0 amide bonds. The van der Waals surface area contributed by atoms with Crippen LogP contribution in [-0.2, 0) is 0 Å². The van der Waals surface area contributed by atoms with Gasteiger partial charge >= 0.3 is 0 Å². The predicted molar refractivity (Wildman–Crippen MR) is 146 cm³/mol. The van der Waals surface area contributed by atoms with E-state index in [0.717, 1.165) is 49.6 Å². The van der Waals surface area contributed by atoms with Gasteiger partial charge in [-0.1, -0.05) is 103 Å². The molecule has 0 aliphatic carbocycles. The van der Waals surface area contributed by atoms with Crippen molar-refractivity contribution in [3.63, 3.8) is 0 Å². The Labute approximate surface area is 208 Å². The maximum atomic E-state index is 5.11. The molecule has 2 heterocycles. The van der Waals surface area contributed by atoms with E-state index in [1.807, 2.05) is 72.9 Å². The summed E-state index contributed by atoms with van der Waals surface area (Å²) in [5, 5.41) is 4.23. The highest BCUT2D eigenvalue weighted by Crippen LogP contribution is 2.36. The minimum absolute atomic E-state index is 0.686. The SMILES string of the molecule is c1ccc(-c2ncc3c(ccc4c(-c5cccc6ccccc56)nc(-c5ccccc5)nc43)n2)cc1. The van der Waals surface area contributed by atoms with Crippen LogP contribution in [0.2, 0.25) is 0 Å². The van der Waals surface area contributed by atoms with E-state index in [9.17, 15) is 0 Å². The van der Waals surface area contributed by atoms with Crippen LogP contribution in [0, 0.1) is 0 Å². The predicted octanol–water partition coefficient (Wildman–Crippen LogP) is 7.73. The quantitative estimate of drug-likeness (QED) is 0.253. The van der Waals surface area contributed by atoms with Crippen LogP contribution in [0.1, 0.15) is 0 Å². The first-order chi connectivity index (χ1) is 17.8. The van der Waals surface area contributed by atoms with Crippen LogP contribution in [0.3, 0.4) is 0 Å². The highest BCUT2D eigenvalue weighted by molar-refractivity contribution is 6.11. The molecule has 7 aromatic rings. The lowest BCUT2D eigenvalue weighted by Crippen LogP contribution is -1.98. The zero-order valence-electron chi connectivity index (χ0n) is 19.3. The molecule has 168 valence electrons. The van der Waals surface area contributed by atoms with Gasteiger partial charge in [0.1, 0.15) is 0 Å². The van der Waals surface area contributed by atoms with E-state index in [2.05, 4.69) is 48.5 Å². The van der Waals surface area contributed by atoms with Crippen molar-refractivity contribution >= 4 is 32.6 Å². The third-order valence-corrected chi connectivity index (χ3v) is 6.54. The summed E-state index contributed by atoms with van der Waals surface area (Å²) >= 11 is 0. The van der Waals surface area contributed by atoms with Crippen LogP contribution in [0.4, 0.5) is 0 Å². The van der Waals surface area contributed by atoms with Crippen LogP contribution in [0.15, 0.2) is 121 Å². The molecule has 5 aromatic carbocycles. The van der Waals surface area contributed by atoms with Crippen LogP contribution in [0.5, 0.6) is 0 Å². The van der Waals surface area contributed by atoms with Crippen LogP contribution in [-0.4, -0.2) is 19.9 Å². The fraction of sp³-hybridized carbons (Fsp3) is 0. The first-order valence-corrected chi connectivity index (χ1v) is 11.9. The molecule has 0 bridgehead atoms. The Kier molecular flexibility index (Phi) is 4.74. The number of aromatic nitrogens is 4. The summed E-state index contributed by atoms with van der Waals surface area (Å²) in [5.41, 5.74) is 5.66. The van der Waals surface area contributed by atoms with E-state index >= 15 is 0 Å². The molecule has 0 atom stereocenters. The van der Waals surface area contributed by atoms with Crippen LogP contribution >= 0.6 is 0 Å². The van der Waals surface area contributed by atoms with Crippen LogP contribution in [0.25, 0.3) is 66.6 Å². The normalized spacial score (nSPS) is 11.3. The van der Waals surface area contributed by atoms with E-state index in [0.29, 0.717) is 11.6 Å². The summed E-state index contributed by atoms with van der Waals surface area (Å²) in [6, 6.07) is 39.1. The Bertz CT molecular complexity index is 1880. The molecule has 0 aliphatic rings. The molecule has 0 spiro atoms. The second-order valence-electron chi connectivity index (χ2n) is 8.74. The van der Waals surface area contributed by atoms with Gasteiger partial charge in [-0.3, -0.25) is 0 Å². The molecule has 0 radical (unpaired) electrons. The first kappa shape index (κ1) is 20.4. The molecule has 36 heavy (non-hydrogen) atoms. The Morgan fingerprint density at radius 2 is 1.14 bits per heavy atom. The maximum absolute atomic E-state index is 5.11. The highest BCUT2D eigenvalue weighted by atomic mass is 14.9. The molecular weight excluding hydrogens is 440 g/mol. The van der Waals surface area contributed by atoms with Crippen molar-refractivity contribution in [1.29, 1.82) is 0 Å².